The fourth-order valence-electron chi connectivity index (χ4n) is 4.13. The van der Waals surface area contributed by atoms with Crippen LogP contribution in [0.25, 0.3) is 0 Å². The Morgan fingerprint density at radius 2 is 2.10 bits per heavy atom. The first-order valence-corrected chi connectivity index (χ1v) is 8.22. The van der Waals surface area contributed by atoms with Crippen molar-refractivity contribution in [1.29, 1.82) is 0 Å². The molecule has 1 aliphatic heterocycles. The maximum absolute atomic E-state index is 11.8. The van der Waals surface area contributed by atoms with E-state index in [0.29, 0.717) is 12.1 Å². The number of hydrogen-bond donors (Lipinski definition) is 2. The Hall–Kier alpha value is -0.610. The first-order chi connectivity index (χ1) is 9.48. The normalized spacial score (nSPS) is 39.6. The molecule has 0 amide bonds. The minimum absolute atomic E-state index is 0.427. The van der Waals surface area contributed by atoms with Crippen molar-refractivity contribution in [3.63, 3.8) is 0 Å². The van der Waals surface area contributed by atoms with E-state index in [1.54, 1.807) is 0 Å². The van der Waals surface area contributed by atoms with Gasteiger partial charge in [-0.15, -0.1) is 0 Å². The molecule has 2 N–H and O–H groups in total. The summed E-state index contributed by atoms with van der Waals surface area (Å²) in [6.07, 6.45) is 6.25. The van der Waals surface area contributed by atoms with Crippen LogP contribution < -0.4 is 5.32 Å². The SMILES string of the molecule is CCNC1(C(=O)O)CCCC(N2CC(C)CCC2C)C1. The summed E-state index contributed by atoms with van der Waals surface area (Å²) in [7, 11) is 0. The van der Waals surface area contributed by atoms with E-state index in [1.807, 2.05) is 6.92 Å². The van der Waals surface area contributed by atoms with Crippen molar-refractivity contribution in [2.45, 2.75) is 76.9 Å². The molecule has 1 aliphatic carbocycles. The molecule has 1 heterocycles. The van der Waals surface area contributed by atoms with Gasteiger partial charge in [0, 0.05) is 18.6 Å². The van der Waals surface area contributed by atoms with Gasteiger partial charge >= 0.3 is 5.97 Å². The van der Waals surface area contributed by atoms with E-state index in [2.05, 4.69) is 24.1 Å². The van der Waals surface area contributed by atoms with Gasteiger partial charge in [-0.1, -0.05) is 13.8 Å². The van der Waals surface area contributed by atoms with Crippen molar-refractivity contribution in [3.8, 4) is 0 Å². The number of piperidine rings is 1. The third-order valence-electron chi connectivity index (χ3n) is 5.28. The molecule has 4 unspecified atom stereocenters. The van der Waals surface area contributed by atoms with E-state index < -0.39 is 11.5 Å². The van der Waals surface area contributed by atoms with Crippen LogP contribution in [0.1, 0.15) is 59.3 Å². The van der Waals surface area contributed by atoms with Gasteiger partial charge < -0.3 is 10.4 Å². The lowest BCUT2D eigenvalue weighted by molar-refractivity contribution is -0.148. The van der Waals surface area contributed by atoms with Crippen molar-refractivity contribution in [3.05, 3.63) is 0 Å². The smallest absolute Gasteiger partial charge is 0.323 e. The number of likely N-dealkylation sites (N-methyl/N-ethyl adjacent to an activating group) is 1. The lowest BCUT2D eigenvalue weighted by Gasteiger charge is -2.47. The van der Waals surface area contributed by atoms with E-state index in [9.17, 15) is 9.90 Å². The predicted octanol–water partition coefficient (Wildman–Crippen LogP) is 2.48. The zero-order chi connectivity index (χ0) is 14.8. The fraction of sp³-hybridized carbons (Fsp3) is 0.938. The third kappa shape index (κ3) is 3.17. The summed E-state index contributed by atoms with van der Waals surface area (Å²) in [6.45, 7) is 8.48. The molecule has 0 aromatic carbocycles. The van der Waals surface area contributed by atoms with Crippen LogP contribution in [0.15, 0.2) is 0 Å². The summed E-state index contributed by atoms with van der Waals surface area (Å²) < 4.78 is 0. The Morgan fingerprint density at radius 1 is 1.35 bits per heavy atom. The van der Waals surface area contributed by atoms with Crippen molar-refractivity contribution in [1.82, 2.24) is 10.2 Å². The number of nitrogens with zero attached hydrogens (tertiary/aromatic N) is 1. The number of rotatable bonds is 4. The van der Waals surface area contributed by atoms with Crippen LogP contribution in [0.5, 0.6) is 0 Å². The molecule has 0 aromatic rings. The van der Waals surface area contributed by atoms with Crippen LogP contribution in [-0.2, 0) is 4.79 Å². The van der Waals surface area contributed by atoms with Crippen molar-refractivity contribution in [2.24, 2.45) is 5.92 Å². The van der Waals surface area contributed by atoms with Gasteiger partial charge in [-0.25, -0.2) is 0 Å². The van der Waals surface area contributed by atoms with Crippen LogP contribution in [-0.4, -0.2) is 46.7 Å². The van der Waals surface area contributed by atoms with Crippen LogP contribution >= 0.6 is 0 Å². The number of carbonyl (C=O) groups is 1. The molecule has 2 rings (SSSR count). The van der Waals surface area contributed by atoms with Gasteiger partial charge in [-0.2, -0.15) is 0 Å². The quantitative estimate of drug-likeness (QED) is 0.832. The van der Waals surface area contributed by atoms with Gasteiger partial charge in [0.15, 0.2) is 0 Å². The second-order valence-electron chi connectivity index (χ2n) is 6.90. The summed E-state index contributed by atoms with van der Waals surface area (Å²) in [5.41, 5.74) is -0.696. The van der Waals surface area contributed by atoms with Gasteiger partial charge in [-0.05, 0) is 57.9 Å². The second-order valence-corrected chi connectivity index (χ2v) is 6.90. The molecule has 1 saturated carbocycles. The van der Waals surface area contributed by atoms with Crippen molar-refractivity contribution < 1.29 is 9.90 Å². The van der Waals surface area contributed by atoms with E-state index in [-0.39, 0.29) is 0 Å². The molecule has 2 fully saturated rings. The molecular weight excluding hydrogens is 252 g/mol. The minimum Gasteiger partial charge on any atom is -0.480 e. The lowest BCUT2D eigenvalue weighted by Crippen LogP contribution is -2.60. The number of carboxylic acid groups (broad SMARTS) is 1. The lowest BCUT2D eigenvalue weighted by atomic mass is 9.77. The van der Waals surface area contributed by atoms with E-state index in [1.165, 1.54) is 12.8 Å². The van der Waals surface area contributed by atoms with Crippen LogP contribution in [0.4, 0.5) is 0 Å². The molecule has 0 spiro atoms. The largest absolute Gasteiger partial charge is 0.480 e. The van der Waals surface area contributed by atoms with E-state index in [4.69, 9.17) is 0 Å². The molecule has 20 heavy (non-hydrogen) atoms. The highest BCUT2D eigenvalue weighted by molar-refractivity contribution is 5.79. The number of nitrogens with one attached hydrogen (secondary N) is 1. The van der Waals surface area contributed by atoms with Crippen molar-refractivity contribution >= 4 is 5.97 Å². The van der Waals surface area contributed by atoms with Crippen LogP contribution in [0.3, 0.4) is 0 Å². The maximum atomic E-state index is 11.8. The Bertz CT molecular complexity index is 343. The maximum Gasteiger partial charge on any atom is 0.323 e. The molecule has 0 aromatic heterocycles. The Balaban J connectivity index is 2.10. The van der Waals surface area contributed by atoms with Crippen molar-refractivity contribution in [2.75, 3.05) is 13.1 Å². The Kier molecular flexibility index (Phi) is 5.08. The Morgan fingerprint density at radius 3 is 2.75 bits per heavy atom. The number of hydrogen-bond acceptors (Lipinski definition) is 3. The number of aliphatic carboxylic acids is 1. The topological polar surface area (TPSA) is 52.6 Å². The zero-order valence-corrected chi connectivity index (χ0v) is 13.2. The molecule has 2 aliphatic rings. The second kappa shape index (κ2) is 6.44. The highest BCUT2D eigenvalue weighted by atomic mass is 16.4. The molecule has 1 saturated heterocycles. The predicted molar refractivity (Wildman–Crippen MR) is 80.9 cm³/mol. The average molecular weight is 282 g/mol. The first-order valence-electron chi connectivity index (χ1n) is 8.22. The highest BCUT2D eigenvalue weighted by Crippen LogP contribution is 2.35. The van der Waals surface area contributed by atoms with E-state index >= 15 is 0 Å². The van der Waals surface area contributed by atoms with Gasteiger partial charge in [-0.3, -0.25) is 9.69 Å². The van der Waals surface area contributed by atoms with Crippen LogP contribution in [0.2, 0.25) is 0 Å². The minimum atomic E-state index is -0.696. The van der Waals surface area contributed by atoms with E-state index in [0.717, 1.165) is 44.7 Å². The summed E-state index contributed by atoms with van der Waals surface area (Å²) in [4.78, 5) is 14.3. The molecule has 4 heteroatoms. The molecule has 4 nitrogen and oxygen atoms in total. The third-order valence-corrected chi connectivity index (χ3v) is 5.28. The van der Waals surface area contributed by atoms with Gasteiger partial charge in [0.1, 0.15) is 5.54 Å². The summed E-state index contributed by atoms with van der Waals surface area (Å²) >= 11 is 0. The summed E-state index contributed by atoms with van der Waals surface area (Å²) in [5, 5.41) is 12.9. The standard InChI is InChI=1S/C16H30N2O2/c1-4-17-16(15(19)20)9-5-6-14(10-16)18-11-12(2)7-8-13(18)3/h12-14,17H,4-11H2,1-3H3,(H,19,20). The average Bonchev–Trinajstić information content (AvgIpc) is 2.42. The monoisotopic (exact) mass is 282 g/mol. The highest BCUT2D eigenvalue weighted by Gasteiger charge is 2.44. The first kappa shape index (κ1) is 15.8. The van der Waals surface area contributed by atoms with Gasteiger partial charge in [0.05, 0.1) is 0 Å². The van der Waals surface area contributed by atoms with Gasteiger partial charge in [0.2, 0.25) is 0 Å². The fourth-order valence-corrected chi connectivity index (χ4v) is 4.13. The molecule has 0 bridgehead atoms. The molecule has 116 valence electrons. The molecule has 4 atom stereocenters. The molecule has 0 radical (unpaired) electrons. The van der Waals surface area contributed by atoms with Gasteiger partial charge in [0.25, 0.3) is 0 Å². The summed E-state index contributed by atoms with van der Waals surface area (Å²) in [6, 6.07) is 1.03. The van der Waals surface area contributed by atoms with Crippen LogP contribution in [0, 0.1) is 5.92 Å². The number of carboxylic acids is 1. The molecular formula is C16H30N2O2. The zero-order valence-electron chi connectivity index (χ0n) is 13.2. The summed E-state index contributed by atoms with van der Waals surface area (Å²) in [5.74, 6) is 0.0771. The Labute approximate surface area is 122 Å². The number of likely N-dealkylation sites (tertiary alicyclic amines) is 1.